The van der Waals surface area contributed by atoms with Gasteiger partial charge in [0, 0.05) is 7.05 Å². The minimum Gasteiger partial charge on any atom is -0.336 e. The van der Waals surface area contributed by atoms with Crippen LogP contribution in [0.25, 0.3) is 10.2 Å². The van der Waals surface area contributed by atoms with Crippen LogP contribution in [0.4, 0.5) is 0 Å². The molecule has 0 saturated heterocycles. The Labute approximate surface area is 169 Å². The van der Waals surface area contributed by atoms with Crippen LogP contribution in [0.5, 0.6) is 0 Å². The van der Waals surface area contributed by atoms with Gasteiger partial charge in [-0.3, -0.25) is 4.79 Å². The van der Waals surface area contributed by atoms with E-state index in [1.165, 1.54) is 0 Å². The molecule has 0 fully saturated rings. The molecule has 1 amide bonds. The molecular weight excluding hydrogens is 364 g/mol. The highest BCUT2D eigenvalue weighted by molar-refractivity contribution is 7.18. The van der Waals surface area contributed by atoms with E-state index in [-0.39, 0.29) is 17.9 Å². The van der Waals surface area contributed by atoms with Crippen LogP contribution in [0, 0.1) is 0 Å². The fraction of sp³-hybridized carbons (Fsp3) is 0.167. The van der Waals surface area contributed by atoms with Crippen molar-refractivity contribution in [2.45, 2.75) is 18.9 Å². The largest absolute Gasteiger partial charge is 0.336 e. The number of hydrogen-bond donors (Lipinski definition) is 0. The van der Waals surface area contributed by atoms with E-state index < -0.39 is 0 Å². The zero-order valence-corrected chi connectivity index (χ0v) is 16.8. The molecule has 0 unspecified atom stereocenters. The lowest BCUT2D eigenvalue weighted by Crippen LogP contribution is -2.34. The summed E-state index contributed by atoms with van der Waals surface area (Å²) >= 11 is 1.65. The summed E-state index contributed by atoms with van der Waals surface area (Å²) < 4.78 is 1.15. The molecule has 0 spiro atoms. The number of likely N-dealkylation sites (N-methyl/N-ethyl adjacent to an activating group) is 1. The summed E-state index contributed by atoms with van der Waals surface area (Å²) in [5, 5.41) is 0.955. The molecular formula is C24H22N2OS. The first-order valence-corrected chi connectivity index (χ1v) is 10.2. The number of nitrogens with zero attached hydrogens (tertiary/aromatic N) is 2. The van der Waals surface area contributed by atoms with E-state index in [9.17, 15) is 4.79 Å². The Morgan fingerprint density at radius 2 is 1.39 bits per heavy atom. The Hall–Kier alpha value is -2.98. The average molecular weight is 387 g/mol. The molecule has 4 aromatic rings. The number of aromatic nitrogens is 1. The third-order valence-electron chi connectivity index (χ3n) is 5.11. The van der Waals surface area contributed by atoms with Gasteiger partial charge in [-0.25, -0.2) is 4.98 Å². The lowest BCUT2D eigenvalue weighted by Gasteiger charge is -2.28. The Bertz CT molecular complexity index is 1000. The van der Waals surface area contributed by atoms with Crippen molar-refractivity contribution in [2.24, 2.45) is 0 Å². The molecule has 28 heavy (non-hydrogen) atoms. The van der Waals surface area contributed by atoms with Crippen molar-refractivity contribution < 1.29 is 4.79 Å². The van der Waals surface area contributed by atoms with Gasteiger partial charge in [-0.15, -0.1) is 11.3 Å². The maximum Gasteiger partial charge on any atom is 0.234 e. The Kier molecular flexibility index (Phi) is 5.22. The van der Waals surface area contributed by atoms with Gasteiger partial charge in [0.05, 0.1) is 22.2 Å². The van der Waals surface area contributed by atoms with Crippen molar-refractivity contribution in [3.63, 3.8) is 0 Å². The van der Waals surface area contributed by atoms with Crippen LogP contribution < -0.4 is 0 Å². The summed E-state index contributed by atoms with van der Waals surface area (Å²) in [6.45, 7) is 2.04. The second-order valence-corrected chi connectivity index (χ2v) is 7.96. The maximum absolute atomic E-state index is 13.6. The van der Waals surface area contributed by atoms with Crippen molar-refractivity contribution >= 4 is 27.5 Å². The van der Waals surface area contributed by atoms with Crippen LogP contribution in [0.3, 0.4) is 0 Å². The van der Waals surface area contributed by atoms with E-state index >= 15 is 0 Å². The van der Waals surface area contributed by atoms with Crippen molar-refractivity contribution in [3.05, 3.63) is 101 Å². The molecule has 1 atom stereocenters. The first kappa shape index (κ1) is 18.4. The lowest BCUT2D eigenvalue weighted by molar-refractivity contribution is -0.132. The Balaban J connectivity index is 1.67. The molecule has 0 bridgehead atoms. The molecule has 4 rings (SSSR count). The number of carbonyl (C=O) groups excluding carboxylic acids is 1. The third-order valence-corrected chi connectivity index (χ3v) is 6.32. The molecule has 3 nitrogen and oxygen atoms in total. The molecule has 0 aliphatic heterocycles. The topological polar surface area (TPSA) is 33.2 Å². The summed E-state index contributed by atoms with van der Waals surface area (Å²) in [6.07, 6.45) is 0. The van der Waals surface area contributed by atoms with E-state index in [4.69, 9.17) is 4.98 Å². The van der Waals surface area contributed by atoms with Crippen molar-refractivity contribution in [1.29, 1.82) is 0 Å². The van der Waals surface area contributed by atoms with Gasteiger partial charge in [-0.05, 0) is 30.2 Å². The number of hydrogen-bond acceptors (Lipinski definition) is 3. The van der Waals surface area contributed by atoms with E-state index in [1.54, 1.807) is 11.3 Å². The maximum atomic E-state index is 13.6. The van der Waals surface area contributed by atoms with Gasteiger partial charge in [-0.2, -0.15) is 0 Å². The van der Waals surface area contributed by atoms with Gasteiger partial charge < -0.3 is 4.90 Å². The fourth-order valence-electron chi connectivity index (χ4n) is 3.40. The first-order valence-electron chi connectivity index (χ1n) is 9.37. The predicted molar refractivity (Wildman–Crippen MR) is 116 cm³/mol. The summed E-state index contributed by atoms with van der Waals surface area (Å²) in [7, 11) is 1.87. The van der Waals surface area contributed by atoms with Gasteiger partial charge in [-0.1, -0.05) is 72.8 Å². The number of carbonyl (C=O) groups is 1. The zero-order chi connectivity index (χ0) is 19.5. The summed E-state index contributed by atoms with van der Waals surface area (Å²) in [5.41, 5.74) is 2.99. The van der Waals surface area contributed by atoms with Gasteiger partial charge in [0.25, 0.3) is 0 Å². The molecule has 140 valence electrons. The van der Waals surface area contributed by atoms with E-state index in [0.29, 0.717) is 0 Å². The predicted octanol–water partition coefficient (Wildman–Crippen LogP) is 5.65. The highest BCUT2D eigenvalue weighted by Crippen LogP contribution is 2.33. The third kappa shape index (κ3) is 3.56. The average Bonchev–Trinajstić information content (AvgIpc) is 3.18. The molecule has 1 heterocycles. The smallest absolute Gasteiger partial charge is 0.234 e. The molecule has 0 saturated carbocycles. The van der Waals surface area contributed by atoms with Crippen LogP contribution >= 0.6 is 11.3 Å². The molecule has 4 heteroatoms. The van der Waals surface area contributed by atoms with E-state index in [2.05, 4.69) is 6.07 Å². The van der Waals surface area contributed by atoms with Crippen molar-refractivity contribution in [1.82, 2.24) is 9.88 Å². The second-order valence-electron chi connectivity index (χ2n) is 6.90. The fourth-order valence-corrected chi connectivity index (χ4v) is 4.46. The molecule has 1 aromatic heterocycles. The van der Waals surface area contributed by atoms with Crippen molar-refractivity contribution in [2.75, 3.05) is 7.05 Å². The highest BCUT2D eigenvalue weighted by Gasteiger charge is 2.29. The number of benzene rings is 3. The Morgan fingerprint density at radius 3 is 1.96 bits per heavy atom. The van der Waals surface area contributed by atoms with Gasteiger partial charge in [0.2, 0.25) is 5.91 Å². The van der Waals surface area contributed by atoms with Gasteiger partial charge in [0.15, 0.2) is 0 Å². The zero-order valence-electron chi connectivity index (χ0n) is 15.9. The monoisotopic (exact) mass is 386 g/mol. The standard InChI is InChI=1S/C24H22N2OS/c1-17(23-25-20-15-9-10-16-21(20)28-23)26(2)24(27)22(18-11-5-3-6-12-18)19-13-7-4-8-14-19/h3-17,22H,1-2H3/t17-/m1/s1. The highest BCUT2D eigenvalue weighted by atomic mass is 32.1. The lowest BCUT2D eigenvalue weighted by atomic mass is 9.90. The molecule has 0 aliphatic carbocycles. The number of amides is 1. The summed E-state index contributed by atoms with van der Waals surface area (Å²) in [5.74, 6) is -0.256. The summed E-state index contributed by atoms with van der Waals surface area (Å²) in [4.78, 5) is 20.1. The Morgan fingerprint density at radius 1 is 0.857 bits per heavy atom. The van der Waals surface area contributed by atoms with Gasteiger partial charge in [0.1, 0.15) is 5.01 Å². The van der Waals surface area contributed by atoms with Crippen LogP contribution in [-0.2, 0) is 4.79 Å². The number of fused-ring (bicyclic) bond motifs is 1. The minimum atomic E-state index is -0.329. The number of para-hydroxylation sites is 1. The van der Waals surface area contributed by atoms with E-state index in [1.807, 2.05) is 97.7 Å². The summed E-state index contributed by atoms with van der Waals surface area (Å²) in [6, 6.07) is 28.0. The number of thiazole rings is 1. The van der Waals surface area contributed by atoms with E-state index in [0.717, 1.165) is 26.4 Å². The minimum absolute atomic E-state index is 0.0733. The molecule has 0 N–H and O–H groups in total. The quantitative estimate of drug-likeness (QED) is 0.444. The normalized spacial score (nSPS) is 12.2. The SMILES string of the molecule is C[C@H](c1nc2ccccc2s1)N(C)C(=O)C(c1ccccc1)c1ccccc1. The molecule has 0 radical (unpaired) electrons. The molecule has 0 aliphatic rings. The van der Waals surface area contributed by atoms with Crippen LogP contribution in [0.15, 0.2) is 84.9 Å². The van der Waals surface area contributed by atoms with Crippen LogP contribution in [-0.4, -0.2) is 22.8 Å². The van der Waals surface area contributed by atoms with Crippen molar-refractivity contribution in [3.8, 4) is 0 Å². The number of rotatable bonds is 5. The van der Waals surface area contributed by atoms with Gasteiger partial charge >= 0.3 is 0 Å². The molecule has 3 aromatic carbocycles. The first-order chi connectivity index (χ1) is 13.6. The van der Waals surface area contributed by atoms with Crippen LogP contribution in [0.2, 0.25) is 0 Å². The van der Waals surface area contributed by atoms with Crippen LogP contribution in [0.1, 0.15) is 35.0 Å². The second kappa shape index (κ2) is 7.95.